The highest BCUT2D eigenvalue weighted by Crippen LogP contribution is 2.47. The number of rotatable bonds is 4. The third-order valence-electron chi connectivity index (χ3n) is 7.12. The predicted octanol–water partition coefficient (Wildman–Crippen LogP) is 5.38. The van der Waals surface area contributed by atoms with Crippen LogP contribution < -0.4 is 15.4 Å². The van der Waals surface area contributed by atoms with Crippen LogP contribution in [0.2, 0.25) is 0 Å². The molecule has 32 heavy (non-hydrogen) atoms. The summed E-state index contributed by atoms with van der Waals surface area (Å²) in [6.45, 7) is 1.66. The van der Waals surface area contributed by atoms with E-state index >= 15 is 0 Å². The number of hydrogen-bond acceptors (Lipinski definition) is 3. The molecule has 172 valence electrons. The van der Waals surface area contributed by atoms with E-state index in [0.29, 0.717) is 5.92 Å². The first-order valence-electron chi connectivity index (χ1n) is 11.7. The largest absolute Gasteiger partial charge is 0.487 e. The number of benzene rings is 2. The molecular formula is C26H34IN3O2. The van der Waals surface area contributed by atoms with Crippen LogP contribution in [-0.2, 0) is 4.74 Å². The number of hydrogen-bond donors (Lipinski definition) is 2. The molecule has 0 amide bonds. The van der Waals surface area contributed by atoms with Crippen molar-refractivity contribution >= 4 is 29.9 Å². The zero-order valence-corrected chi connectivity index (χ0v) is 21.1. The molecule has 1 saturated heterocycles. The van der Waals surface area contributed by atoms with Gasteiger partial charge in [0.25, 0.3) is 0 Å². The Bertz CT molecular complexity index is 914. The second-order valence-electron chi connectivity index (χ2n) is 9.13. The van der Waals surface area contributed by atoms with Gasteiger partial charge in [-0.15, -0.1) is 24.0 Å². The van der Waals surface area contributed by atoms with E-state index in [1.54, 1.807) is 0 Å². The Balaban J connectivity index is 0.00000245. The Morgan fingerprint density at radius 2 is 1.81 bits per heavy atom. The van der Waals surface area contributed by atoms with E-state index in [2.05, 4.69) is 70.2 Å². The smallest absolute Gasteiger partial charge is 0.191 e. The summed E-state index contributed by atoms with van der Waals surface area (Å²) in [7, 11) is 1.85. The Kier molecular flexibility index (Phi) is 7.61. The van der Waals surface area contributed by atoms with Gasteiger partial charge in [-0.2, -0.15) is 0 Å². The average molecular weight is 547 g/mol. The summed E-state index contributed by atoms with van der Waals surface area (Å²) in [5, 5.41) is 7.30. The fraction of sp³-hybridized carbons (Fsp3) is 0.500. The van der Waals surface area contributed by atoms with Gasteiger partial charge in [-0.3, -0.25) is 4.99 Å². The van der Waals surface area contributed by atoms with Gasteiger partial charge in [0.2, 0.25) is 0 Å². The maximum Gasteiger partial charge on any atom is 0.191 e. The standard InChI is InChI=1S/C26H33N3O2.HI/c1-27-25(28-18-20-13-16-30-24(20)19-9-3-2-4-10-19)29-22-17-26(14-7-8-15-26)31-23-12-6-5-11-21(22)23;/h2-6,9-12,20,22,24H,7-8,13-18H2,1H3,(H2,27,28,29);1H. The van der Waals surface area contributed by atoms with Gasteiger partial charge in [0.1, 0.15) is 11.4 Å². The minimum absolute atomic E-state index is 0. The van der Waals surface area contributed by atoms with Gasteiger partial charge in [0.15, 0.2) is 5.96 Å². The summed E-state index contributed by atoms with van der Waals surface area (Å²) in [5.74, 6) is 2.31. The van der Waals surface area contributed by atoms with Crippen molar-refractivity contribution in [1.29, 1.82) is 0 Å². The number of ether oxygens (including phenoxy) is 2. The molecule has 1 aliphatic carbocycles. The van der Waals surface area contributed by atoms with Gasteiger partial charge < -0.3 is 20.1 Å². The molecule has 0 radical (unpaired) electrons. The van der Waals surface area contributed by atoms with E-state index in [1.165, 1.54) is 24.0 Å². The van der Waals surface area contributed by atoms with Crippen molar-refractivity contribution in [2.45, 2.75) is 56.3 Å². The predicted molar refractivity (Wildman–Crippen MR) is 139 cm³/mol. The molecule has 0 bridgehead atoms. The summed E-state index contributed by atoms with van der Waals surface area (Å²) < 4.78 is 12.6. The molecule has 2 aliphatic heterocycles. The lowest BCUT2D eigenvalue weighted by Gasteiger charge is -2.40. The molecule has 0 aromatic heterocycles. The number of halogens is 1. The van der Waals surface area contributed by atoms with Crippen LogP contribution in [-0.4, -0.2) is 31.8 Å². The molecule has 2 fully saturated rings. The monoisotopic (exact) mass is 547 g/mol. The van der Waals surface area contributed by atoms with E-state index in [1.807, 2.05) is 7.05 Å². The second kappa shape index (κ2) is 10.4. The van der Waals surface area contributed by atoms with Crippen LogP contribution in [0.4, 0.5) is 0 Å². The number of guanidine groups is 1. The van der Waals surface area contributed by atoms with E-state index in [-0.39, 0.29) is 41.7 Å². The van der Waals surface area contributed by atoms with Gasteiger partial charge in [-0.25, -0.2) is 0 Å². The Morgan fingerprint density at radius 3 is 2.59 bits per heavy atom. The van der Waals surface area contributed by atoms with Gasteiger partial charge in [-0.05, 0) is 43.7 Å². The molecule has 2 heterocycles. The maximum atomic E-state index is 6.51. The molecule has 2 N–H and O–H groups in total. The molecule has 1 saturated carbocycles. The molecule has 5 rings (SSSR count). The van der Waals surface area contributed by atoms with Crippen molar-refractivity contribution in [3.63, 3.8) is 0 Å². The minimum atomic E-state index is -0.0252. The van der Waals surface area contributed by atoms with E-state index in [4.69, 9.17) is 9.47 Å². The summed E-state index contributed by atoms with van der Waals surface area (Å²) in [4.78, 5) is 4.54. The number of fused-ring (bicyclic) bond motifs is 1. The molecule has 2 aromatic carbocycles. The van der Waals surface area contributed by atoms with E-state index in [9.17, 15) is 0 Å². The van der Waals surface area contributed by atoms with Crippen LogP contribution in [0.1, 0.15) is 61.8 Å². The fourth-order valence-electron chi connectivity index (χ4n) is 5.51. The van der Waals surface area contributed by atoms with Crippen LogP contribution in [0.5, 0.6) is 5.75 Å². The number of para-hydroxylation sites is 1. The first-order chi connectivity index (χ1) is 15.3. The zero-order valence-electron chi connectivity index (χ0n) is 18.8. The lowest BCUT2D eigenvalue weighted by atomic mass is 9.86. The van der Waals surface area contributed by atoms with Crippen LogP contribution in [0.15, 0.2) is 59.6 Å². The zero-order chi connectivity index (χ0) is 21.1. The van der Waals surface area contributed by atoms with Crippen LogP contribution in [0, 0.1) is 5.92 Å². The normalized spacial score (nSPS) is 26.2. The van der Waals surface area contributed by atoms with Crippen molar-refractivity contribution in [3.8, 4) is 5.75 Å². The number of nitrogens with zero attached hydrogens (tertiary/aromatic N) is 1. The van der Waals surface area contributed by atoms with Gasteiger partial charge in [-0.1, -0.05) is 48.5 Å². The summed E-state index contributed by atoms with van der Waals surface area (Å²) in [6, 6.07) is 19.2. The molecular weight excluding hydrogens is 513 g/mol. The van der Waals surface area contributed by atoms with Crippen LogP contribution >= 0.6 is 24.0 Å². The molecule has 1 spiro atoms. The topological polar surface area (TPSA) is 54.9 Å². The number of aliphatic imine (C=N–C) groups is 1. The van der Waals surface area contributed by atoms with Crippen LogP contribution in [0.25, 0.3) is 0 Å². The Morgan fingerprint density at radius 1 is 1.06 bits per heavy atom. The van der Waals surface area contributed by atoms with E-state index < -0.39 is 0 Å². The van der Waals surface area contributed by atoms with Gasteiger partial charge in [0.05, 0.1) is 12.1 Å². The van der Waals surface area contributed by atoms with E-state index in [0.717, 1.165) is 50.5 Å². The highest BCUT2D eigenvalue weighted by molar-refractivity contribution is 14.0. The van der Waals surface area contributed by atoms with Gasteiger partial charge in [0, 0.05) is 38.1 Å². The van der Waals surface area contributed by atoms with Crippen molar-refractivity contribution in [1.82, 2.24) is 10.6 Å². The third-order valence-corrected chi connectivity index (χ3v) is 7.12. The SMILES string of the molecule is CN=C(NCC1CCOC1c1ccccc1)NC1CC2(CCCC2)Oc2ccccc21.I. The van der Waals surface area contributed by atoms with Crippen molar-refractivity contribution in [2.75, 3.05) is 20.2 Å². The summed E-state index contributed by atoms with van der Waals surface area (Å²) >= 11 is 0. The van der Waals surface area contributed by atoms with Crippen molar-refractivity contribution < 1.29 is 9.47 Å². The van der Waals surface area contributed by atoms with Crippen molar-refractivity contribution in [2.24, 2.45) is 10.9 Å². The molecule has 3 aliphatic rings. The molecule has 5 nitrogen and oxygen atoms in total. The third kappa shape index (κ3) is 4.91. The second-order valence-corrected chi connectivity index (χ2v) is 9.13. The van der Waals surface area contributed by atoms with Gasteiger partial charge >= 0.3 is 0 Å². The highest BCUT2D eigenvalue weighted by Gasteiger charge is 2.43. The minimum Gasteiger partial charge on any atom is -0.487 e. The number of nitrogens with one attached hydrogen (secondary N) is 2. The highest BCUT2D eigenvalue weighted by atomic mass is 127. The molecule has 2 aromatic rings. The average Bonchev–Trinajstić information content (AvgIpc) is 3.46. The molecule has 3 unspecified atom stereocenters. The maximum absolute atomic E-state index is 6.51. The Hall–Kier alpha value is -1.80. The first kappa shape index (κ1) is 23.4. The summed E-state index contributed by atoms with van der Waals surface area (Å²) in [6.07, 6.45) is 7.00. The lowest BCUT2D eigenvalue weighted by molar-refractivity contribution is 0.0395. The molecule has 6 heteroatoms. The quantitative estimate of drug-likeness (QED) is 0.307. The summed E-state index contributed by atoms with van der Waals surface area (Å²) in [5.41, 5.74) is 2.47. The molecule has 3 atom stereocenters. The first-order valence-corrected chi connectivity index (χ1v) is 11.7. The Labute approximate surface area is 208 Å². The van der Waals surface area contributed by atoms with Crippen molar-refractivity contribution in [3.05, 3.63) is 65.7 Å². The lowest BCUT2D eigenvalue weighted by Crippen LogP contribution is -2.47. The fourth-order valence-corrected chi connectivity index (χ4v) is 5.51. The van der Waals surface area contributed by atoms with Crippen LogP contribution in [0.3, 0.4) is 0 Å².